The van der Waals surface area contributed by atoms with Crippen LogP contribution >= 0.6 is 0 Å². The first kappa shape index (κ1) is 18.5. The highest BCUT2D eigenvalue weighted by Crippen LogP contribution is 2.16. The van der Waals surface area contributed by atoms with Crippen LogP contribution in [0.2, 0.25) is 0 Å². The van der Waals surface area contributed by atoms with Crippen molar-refractivity contribution in [2.24, 2.45) is 0 Å². The molecule has 0 saturated carbocycles. The van der Waals surface area contributed by atoms with Gasteiger partial charge in [0.15, 0.2) is 0 Å². The molecule has 0 spiro atoms. The highest BCUT2D eigenvalue weighted by molar-refractivity contribution is 5.94. The second-order valence-corrected chi connectivity index (χ2v) is 7.49. The van der Waals surface area contributed by atoms with Gasteiger partial charge in [0, 0.05) is 56.4 Å². The average molecular weight is 374 g/mol. The summed E-state index contributed by atoms with van der Waals surface area (Å²) in [5.74, 6) is 0.131. The zero-order valence-corrected chi connectivity index (χ0v) is 16.4. The minimum atomic E-state index is 0.131. The molecule has 1 saturated heterocycles. The molecule has 3 aromatic rings. The van der Waals surface area contributed by atoms with Gasteiger partial charge in [0.1, 0.15) is 0 Å². The number of aryl methyl sites for hydroxylation is 1. The van der Waals surface area contributed by atoms with Crippen LogP contribution in [-0.2, 0) is 6.54 Å². The van der Waals surface area contributed by atoms with Crippen LogP contribution in [0.25, 0.3) is 5.69 Å². The molecule has 1 fully saturated rings. The smallest absolute Gasteiger partial charge is 0.253 e. The fourth-order valence-electron chi connectivity index (χ4n) is 3.85. The molecule has 4 rings (SSSR count). The number of amides is 1. The van der Waals surface area contributed by atoms with Gasteiger partial charge in [-0.15, -0.1) is 0 Å². The Morgan fingerprint density at radius 1 is 0.893 bits per heavy atom. The van der Waals surface area contributed by atoms with E-state index in [4.69, 9.17) is 0 Å². The predicted molar refractivity (Wildman–Crippen MR) is 113 cm³/mol. The molecule has 2 aromatic carbocycles. The van der Waals surface area contributed by atoms with Crippen molar-refractivity contribution in [2.75, 3.05) is 26.2 Å². The topological polar surface area (TPSA) is 28.5 Å². The summed E-state index contributed by atoms with van der Waals surface area (Å²) in [6.07, 6.45) is 5.01. The second kappa shape index (κ2) is 8.44. The summed E-state index contributed by atoms with van der Waals surface area (Å²) < 4.78 is 2.03. The number of benzene rings is 2. The molecule has 1 aliphatic heterocycles. The lowest BCUT2D eigenvalue weighted by atomic mass is 10.1. The minimum Gasteiger partial charge on any atom is -0.337 e. The van der Waals surface area contributed by atoms with E-state index < -0.39 is 0 Å². The number of hydrogen-bond acceptors (Lipinski definition) is 2. The summed E-state index contributed by atoms with van der Waals surface area (Å²) in [4.78, 5) is 17.6. The summed E-state index contributed by atoms with van der Waals surface area (Å²) in [7, 11) is 0. The van der Waals surface area contributed by atoms with Crippen LogP contribution in [0.3, 0.4) is 0 Å². The number of nitrogens with zero attached hydrogens (tertiary/aromatic N) is 3. The first-order valence-corrected chi connectivity index (χ1v) is 10.0. The second-order valence-electron chi connectivity index (χ2n) is 7.49. The fourth-order valence-corrected chi connectivity index (χ4v) is 3.85. The summed E-state index contributed by atoms with van der Waals surface area (Å²) >= 11 is 0. The first-order valence-electron chi connectivity index (χ1n) is 10.0. The van der Waals surface area contributed by atoms with Crippen LogP contribution in [0.5, 0.6) is 0 Å². The maximum atomic E-state index is 13.1. The van der Waals surface area contributed by atoms with E-state index in [0.29, 0.717) is 0 Å². The van der Waals surface area contributed by atoms with Crippen molar-refractivity contribution in [3.63, 3.8) is 0 Å². The summed E-state index contributed by atoms with van der Waals surface area (Å²) in [6.45, 7) is 6.66. The van der Waals surface area contributed by atoms with Gasteiger partial charge >= 0.3 is 0 Å². The number of carbonyl (C=O) groups is 1. The standard InChI is InChI=1S/C24H27N3O/c1-20-8-2-3-9-22(20)19-25-12-7-15-27(17-16-25)24(28)21-10-6-11-23(18-21)26-13-4-5-14-26/h2-6,8-11,13-14,18H,7,12,15-17,19H2,1H3. The molecule has 0 unspecified atom stereocenters. The highest BCUT2D eigenvalue weighted by atomic mass is 16.2. The van der Waals surface area contributed by atoms with E-state index in [1.165, 1.54) is 11.1 Å². The van der Waals surface area contributed by atoms with Crippen LogP contribution in [-0.4, -0.2) is 46.5 Å². The Morgan fingerprint density at radius 2 is 1.71 bits per heavy atom. The van der Waals surface area contributed by atoms with E-state index >= 15 is 0 Å². The molecule has 0 N–H and O–H groups in total. The van der Waals surface area contributed by atoms with Gasteiger partial charge in [-0.1, -0.05) is 30.3 Å². The normalized spacial score (nSPS) is 15.4. The Bertz CT molecular complexity index is 933. The SMILES string of the molecule is Cc1ccccc1CN1CCCN(C(=O)c2cccc(-n3cccc3)c2)CC1. The molecule has 4 heteroatoms. The molecule has 4 nitrogen and oxygen atoms in total. The van der Waals surface area contributed by atoms with Gasteiger partial charge in [-0.3, -0.25) is 9.69 Å². The summed E-state index contributed by atoms with van der Waals surface area (Å²) in [6, 6.07) is 20.4. The van der Waals surface area contributed by atoms with Gasteiger partial charge in [0.2, 0.25) is 0 Å². The third-order valence-corrected chi connectivity index (χ3v) is 5.53. The quantitative estimate of drug-likeness (QED) is 0.688. The summed E-state index contributed by atoms with van der Waals surface area (Å²) in [5.41, 5.74) is 4.49. The molecule has 1 amide bonds. The molecule has 1 aliphatic rings. The van der Waals surface area contributed by atoms with E-state index in [1.807, 2.05) is 58.3 Å². The molecule has 0 atom stereocenters. The van der Waals surface area contributed by atoms with Crippen LogP contribution < -0.4 is 0 Å². The zero-order valence-electron chi connectivity index (χ0n) is 16.4. The molecule has 2 heterocycles. The number of rotatable bonds is 4. The maximum absolute atomic E-state index is 13.1. The van der Waals surface area contributed by atoms with Crippen LogP contribution in [0.4, 0.5) is 0 Å². The Labute approximate surface area is 167 Å². The van der Waals surface area contributed by atoms with Gasteiger partial charge in [-0.05, 0) is 54.8 Å². The lowest BCUT2D eigenvalue weighted by Gasteiger charge is -2.23. The van der Waals surface area contributed by atoms with Crippen molar-refractivity contribution in [1.29, 1.82) is 0 Å². The Morgan fingerprint density at radius 3 is 2.54 bits per heavy atom. The van der Waals surface area contributed by atoms with E-state index in [2.05, 4.69) is 36.1 Å². The largest absolute Gasteiger partial charge is 0.337 e. The fraction of sp³-hybridized carbons (Fsp3) is 0.292. The maximum Gasteiger partial charge on any atom is 0.253 e. The van der Waals surface area contributed by atoms with Crippen molar-refractivity contribution in [1.82, 2.24) is 14.4 Å². The van der Waals surface area contributed by atoms with Gasteiger partial charge in [0.25, 0.3) is 5.91 Å². The summed E-state index contributed by atoms with van der Waals surface area (Å²) in [5, 5.41) is 0. The zero-order chi connectivity index (χ0) is 19.3. The van der Waals surface area contributed by atoms with Gasteiger partial charge in [0.05, 0.1) is 0 Å². The minimum absolute atomic E-state index is 0.131. The van der Waals surface area contributed by atoms with Crippen LogP contribution in [0, 0.1) is 6.92 Å². The van der Waals surface area contributed by atoms with Crippen LogP contribution in [0.1, 0.15) is 27.9 Å². The van der Waals surface area contributed by atoms with Gasteiger partial charge in [-0.25, -0.2) is 0 Å². The molecular weight excluding hydrogens is 346 g/mol. The van der Waals surface area contributed by atoms with E-state index in [9.17, 15) is 4.79 Å². The van der Waals surface area contributed by atoms with Gasteiger partial charge in [-0.2, -0.15) is 0 Å². The monoisotopic (exact) mass is 373 g/mol. The molecular formula is C24H27N3O. The predicted octanol–water partition coefficient (Wildman–Crippen LogP) is 4.13. The third kappa shape index (κ3) is 4.18. The number of aromatic nitrogens is 1. The van der Waals surface area contributed by atoms with Crippen molar-refractivity contribution >= 4 is 5.91 Å². The van der Waals surface area contributed by atoms with Crippen LogP contribution in [0.15, 0.2) is 73.1 Å². The number of carbonyl (C=O) groups excluding carboxylic acids is 1. The number of hydrogen-bond donors (Lipinski definition) is 0. The lowest BCUT2D eigenvalue weighted by molar-refractivity contribution is 0.0761. The third-order valence-electron chi connectivity index (χ3n) is 5.53. The highest BCUT2D eigenvalue weighted by Gasteiger charge is 2.21. The Balaban J connectivity index is 1.42. The molecule has 1 aromatic heterocycles. The van der Waals surface area contributed by atoms with E-state index in [0.717, 1.165) is 50.4 Å². The Hall–Kier alpha value is -2.85. The van der Waals surface area contributed by atoms with Gasteiger partial charge < -0.3 is 9.47 Å². The molecule has 144 valence electrons. The van der Waals surface area contributed by atoms with Crippen molar-refractivity contribution in [2.45, 2.75) is 19.9 Å². The molecule has 28 heavy (non-hydrogen) atoms. The lowest BCUT2D eigenvalue weighted by Crippen LogP contribution is -2.35. The Kier molecular flexibility index (Phi) is 5.58. The molecule has 0 radical (unpaired) electrons. The first-order chi connectivity index (χ1) is 13.7. The van der Waals surface area contributed by atoms with Crippen molar-refractivity contribution in [3.8, 4) is 5.69 Å². The van der Waals surface area contributed by atoms with E-state index in [-0.39, 0.29) is 5.91 Å². The molecule has 0 aliphatic carbocycles. The van der Waals surface area contributed by atoms with E-state index in [1.54, 1.807) is 0 Å². The van der Waals surface area contributed by atoms with Crippen molar-refractivity contribution < 1.29 is 4.79 Å². The van der Waals surface area contributed by atoms with Crippen molar-refractivity contribution in [3.05, 3.63) is 89.7 Å². The molecule has 0 bridgehead atoms. The average Bonchev–Trinajstić information content (AvgIpc) is 3.16.